The van der Waals surface area contributed by atoms with E-state index in [4.69, 9.17) is 73.9 Å². The van der Waals surface area contributed by atoms with Gasteiger partial charge in [0.05, 0.1) is 0 Å². The average Bonchev–Trinajstić information content (AvgIpc) is 2.45. The summed E-state index contributed by atoms with van der Waals surface area (Å²) in [4.78, 5) is 0. The van der Waals surface area contributed by atoms with Gasteiger partial charge in [-0.15, -0.1) is 12.3 Å². The Labute approximate surface area is 146 Å². The van der Waals surface area contributed by atoms with E-state index in [0.717, 1.165) is 0 Å². The molecule has 0 unspecified atom stereocenters. The Morgan fingerprint density at radius 3 is 1.04 bits per heavy atom. The minimum atomic E-state index is -0.648. The Hall–Kier alpha value is -0.216. The van der Waals surface area contributed by atoms with Gasteiger partial charge >= 0.3 is 0 Å². The molecule has 0 aliphatic heterocycles. The smallest absolute Gasteiger partial charge is 0 e. The highest BCUT2D eigenvalue weighted by Crippen LogP contribution is 1.88. The van der Waals surface area contributed by atoms with Crippen molar-refractivity contribution in [2.45, 2.75) is 21.8 Å². The van der Waals surface area contributed by atoms with Gasteiger partial charge in [-0.3, -0.25) is 4.70 Å². The number of hydrogen-bond acceptors (Lipinski definition) is 0. The molecule has 0 amide bonds. The molecule has 0 spiro atoms. The summed E-state index contributed by atoms with van der Waals surface area (Å²) in [7, 11) is 33.5. The summed E-state index contributed by atoms with van der Waals surface area (Å²) in [5.74, 6) is 2.25. The Morgan fingerprint density at radius 2 is 1.00 bits per heavy atom. The van der Waals surface area contributed by atoms with Crippen molar-refractivity contribution in [1.82, 2.24) is 0 Å². The lowest BCUT2D eigenvalue weighted by atomic mass is 8.56. The molecule has 0 aliphatic rings. The van der Waals surface area contributed by atoms with E-state index in [9.17, 15) is 0 Å². The minimum absolute atomic E-state index is 0. The lowest BCUT2D eigenvalue weighted by Gasteiger charge is -2.25. The molecule has 23 heavy (non-hydrogen) atoms. The summed E-state index contributed by atoms with van der Waals surface area (Å²) in [6.07, 6.45) is 2.45. The molecular weight excluding hydrogens is 312 g/mol. The van der Waals surface area contributed by atoms with Gasteiger partial charge in [-0.1, -0.05) is 14.9 Å². The molecule has 0 aromatic carbocycles. The third-order valence-electron chi connectivity index (χ3n) is 1.56. The normalized spacial score (nSPS) is 5.13. The van der Waals surface area contributed by atoms with Crippen molar-refractivity contribution in [3.63, 3.8) is 0 Å². The highest BCUT2D eigenvalue weighted by molar-refractivity contribution is 8.01. The molecule has 0 aliphatic carbocycles. The second-order valence-electron chi connectivity index (χ2n) is 2.79. The van der Waals surface area contributed by atoms with Gasteiger partial charge in [0.1, 0.15) is 0 Å². The van der Waals surface area contributed by atoms with Crippen LogP contribution in [-0.2, 0) is 0 Å². The zero-order valence-corrected chi connectivity index (χ0v) is 11.1. The van der Waals surface area contributed by atoms with E-state index in [-0.39, 0.29) is 25.9 Å². The van der Waals surface area contributed by atoms with Crippen LogP contribution in [0.1, 0.15) is 21.8 Å². The fraction of sp³-hybridized carbons (Fsp3) is 0.600. The zero-order chi connectivity index (χ0) is 17.7. The van der Waals surface area contributed by atoms with Crippen LogP contribution >= 0.6 is 0 Å². The Kier molecular flexibility index (Phi) is 107. The highest BCUT2D eigenvalue weighted by atomic mass is 20.0. The summed E-state index contributed by atoms with van der Waals surface area (Å²) in [5, 5.41) is 0. The number of halogens is 7. The SMILES string of the molecule is C.C.C#CC.F.FF.FF.FF.[B][B]B([B])B(B([B])[B])B([B])[B]. The highest BCUT2D eigenvalue weighted by Gasteiger charge is 2.26. The van der Waals surface area contributed by atoms with Gasteiger partial charge in [0.25, 0.3) is 0 Å². The fourth-order valence-electron chi connectivity index (χ4n) is 0.898. The van der Waals surface area contributed by atoms with Gasteiger partial charge in [-0.2, -0.15) is 0 Å². The van der Waals surface area contributed by atoms with E-state index in [1.165, 1.54) is 7.06 Å². The lowest BCUT2D eigenvalue weighted by Crippen LogP contribution is -2.63. The first-order chi connectivity index (χ1) is 9.42. The zero-order valence-electron chi connectivity index (χ0n) is 11.1. The first-order valence-corrected chi connectivity index (χ1v) is 4.55. The molecule has 0 aromatic heterocycles. The molecule has 18 heteroatoms. The van der Waals surface area contributed by atoms with Crippen molar-refractivity contribution in [2.24, 2.45) is 0 Å². The van der Waals surface area contributed by atoms with Gasteiger partial charge in [-0.25, -0.2) is 0 Å². The molecule has 0 aromatic rings. The van der Waals surface area contributed by atoms with Crippen LogP contribution in [0.3, 0.4) is 0 Å². The van der Waals surface area contributed by atoms with E-state index in [1.807, 2.05) is 0 Å². The topological polar surface area (TPSA) is 0 Å². The van der Waals surface area contributed by atoms with Crippen molar-refractivity contribution in [1.29, 1.82) is 0 Å². The van der Waals surface area contributed by atoms with Crippen LogP contribution in [0.15, 0.2) is 0 Å². The maximum atomic E-state index is 8.00. The third kappa shape index (κ3) is 44.9. The molecule has 0 heterocycles. The van der Waals surface area contributed by atoms with Gasteiger partial charge in [0, 0.05) is 106 Å². The number of rotatable bonds is 4. The predicted molar refractivity (Wildman–Crippen MR) is 100 cm³/mol. The number of terminal acetylenes is 1. The van der Waals surface area contributed by atoms with Crippen LogP contribution in [0.25, 0.3) is 0 Å². The molecule has 0 N–H and O–H groups in total. The summed E-state index contributed by atoms with van der Waals surface area (Å²) in [5.41, 5.74) is 0. The molecular formula is C5H13B11F7. The van der Waals surface area contributed by atoms with Crippen LogP contribution in [-0.4, -0.2) is 79.0 Å². The Bertz CT molecular complexity index is 175. The predicted octanol–water partition coefficient (Wildman–Crippen LogP) is 0.397. The first-order valence-electron chi connectivity index (χ1n) is 4.55. The molecule has 0 bridgehead atoms. The maximum Gasteiger partial charge on any atom is 0 e. The monoisotopic (exact) mass is 327 g/mol. The van der Waals surface area contributed by atoms with Gasteiger partial charge < -0.3 is 0 Å². The molecule has 13 radical (unpaired) electrons. The van der Waals surface area contributed by atoms with Gasteiger partial charge in [0.15, 0.2) is 0 Å². The fourth-order valence-corrected chi connectivity index (χ4v) is 0.898. The standard InChI is InChI=1S/C3H4.2CH4.B11.3F2.FH/c1-3-2;;;1-7-10(6)11(8(2)3)9(4)5;3*1-2;/h1H,2H3;2*1H4;;;;;1H. The van der Waals surface area contributed by atoms with Gasteiger partial charge in [0.2, 0.25) is 0 Å². The second-order valence-corrected chi connectivity index (χ2v) is 2.79. The van der Waals surface area contributed by atoms with Crippen molar-refractivity contribution in [3.8, 4) is 12.3 Å². The Morgan fingerprint density at radius 1 is 0.826 bits per heavy atom. The quantitative estimate of drug-likeness (QED) is 0.399. The molecule has 115 valence electrons. The van der Waals surface area contributed by atoms with Crippen LogP contribution in [0.4, 0.5) is 32.1 Å². The van der Waals surface area contributed by atoms with Crippen LogP contribution in [0.2, 0.25) is 0 Å². The summed E-state index contributed by atoms with van der Waals surface area (Å²) >= 11 is 0. The second kappa shape index (κ2) is 49.5. The van der Waals surface area contributed by atoms with E-state index in [2.05, 4.69) is 12.3 Å². The molecule has 0 nitrogen and oxygen atoms in total. The van der Waals surface area contributed by atoms with Crippen LogP contribution in [0, 0.1) is 12.3 Å². The average molecular weight is 325 g/mol. The minimum Gasteiger partial charge on any atom is -0.269 e. The van der Waals surface area contributed by atoms with E-state index < -0.39 is 19.2 Å². The summed E-state index contributed by atoms with van der Waals surface area (Å²) in [6.45, 7) is 1.65. The van der Waals surface area contributed by atoms with Crippen molar-refractivity contribution in [2.75, 3.05) is 0 Å². The first kappa shape index (κ1) is 49.5. The van der Waals surface area contributed by atoms with Crippen molar-refractivity contribution in [3.05, 3.63) is 0 Å². The summed E-state index contributed by atoms with van der Waals surface area (Å²) in [6, 6.07) is 0. The molecule has 0 atom stereocenters. The van der Waals surface area contributed by atoms with E-state index >= 15 is 0 Å². The molecule has 0 saturated heterocycles. The Balaban J connectivity index is -0.0000000269. The lowest BCUT2D eigenvalue weighted by molar-refractivity contribution is 0.108. The third-order valence-corrected chi connectivity index (χ3v) is 1.56. The van der Waals surface area contributed by atoms with E-state index in [1.54, 1.807) is 6.92 Å². The molecule has 0 fully saturated rings. The van der Waals surface area contributed by atoms with Crippen LogP contribution in [0.5, 0.6) is 0 Å². The van der Waals surface area contributed by atoms with Crippen molar-refractivity contribution < 1.29 is 32.1 Å². The maximum absolute atomic E-state index is 8.00. The molecule has 0 rings (SSSR count). The summed E-state index contributed by atoms with van der Waals surface area (Å²) < 4.78 is 48.0. The number of hydrogen-bond donors (Lipinski definition) is 0. The van der Waals surface area contributed by atoms with Gasteiger partial charge in [-0.05, 0) is 6.92 Å². The van der Waals surface area contributed by atoms with Crippen LogP contribution < -0.4 is 0 Å². The largest absolute Gasteiger partial charge is 0.269 e. The molecule has 0 saturated carbocycles. The van der Waals surface area contributed by atoms with E-state index in [0.29, 0.717) is 0 Å². The van der Waals surface area contributed by atoms with Crippen molar-refractivity contribution >= 4 is 79.0 Å².